The van der Waals surface area contributed by atoms with Gasteiger partial charge in [0.2, 0.25) is 35.4 Å². The van der Waals surface area contributed by atoms with Gasteiger partial charge in [0.15, 0.2) is 29.2 Å². The predicted molar refractivity (Wildman–Crippen MR) is 401 cm³/mol. The normalized spacial score (nSPS) is 17.3. The molecule has 0 radical (unpaired) electrons. The number of urea groups is 1. The second-order valence-corrected chi connectivity index (χ2v) is 27.9. The third kappa shape index (κ3) is 18.1. The van der Waals surface area contributed by atoms with Gasteiger partial charge in [0.25, 0.3) is 11.8 Å². The number of para-hydroxylation sites is 1. The van der Waals surface area contributed by atoms with Gasteiger partial charge < -0.3 is 91.2 Å². The molecule has 5 atom stereocenters. The smallest absolute Gasteiger partial charge is 0.416 e. The molecule has 2 fully saturated rings. The van der Waals surface area contributed by atoms with Crippen molar-refractivity contribution in [2.24, 2.45) is 17.1 Å². The summed E-state index contributed by atoms with van der Waals surface area (Å²) in [4.78, 5) is 142. The van der Waals surface area contributed by atoms with Gasteiger partial charge in [-0.05, 0) is 127 Å². The Morgan fingerprint density at radius 2 is 1.38 bits per heavy atom. The Balaban J connectivity index is 0.634. The number of ether oxygens (including phenoxy) is 6. The Bertz CT molecular complexity index is 4590. The zero-order chi connectivity index (χ0) is 77.0. The van der Waals surface area contributed by atoms with Gasteiger partial charge in [0, 0.05) is 74.0 Å². The lowest BCUT2D eigenvalue weighted by Crippen LogP contribution is -2.56. The van der Waals surface area contributed by atoms with Gasteiger partial charge >= 0.3 is 12.1 Å². The van der Waals surface area contributed by atoms with E-state index in [1.807, 2.05) is 66.9 Å². The number of fused-ring (bicyclic) bond motifs is 6. The molecule has 1 saturated heterocycles. The molecule has 0 aromatic heterocycles. The Kier molecular flexibility index (Phi) is 23.9. The topological polar surface area (TPSA) is 369 Å². The lowest BCUT2D eigenvalue weighted by Gasteiger charge is -2.31. The number of primary amides is 1. The van der Waals surface area contributed by atoms with Gasteiger partial charge in [-0.3, -0.25) is 38.4 Å². The van der Waals surface area contributed by atoms with Crippen LogP contribution in [0.4, 0.5) is 32.3 Å². The molecule has 570 valence electrons. The van der Waals surface area contributed by atoms with Gasteiger partial charge in [0.1, 0.15) is 24.4 Å². The fraction of sp³-hybridized carbons (Fsp3) is 0.375. The minimum Gasteiger partial charge on any atom is -0.497 e. The maximum absolute atomic E-state index is 14.6. The second-order valence-electron chi connectivity index (χ2n) is 27.9. The van der Waals surface area contributed by atoms with E-state index in [1.54, 1.807) is 84.2 Å². The molecule has 6 aromatic carbocycles. The van der Waals surface area contributed by atoms with E-state index in [0.29, 0.717) is 71.9 Å². The van der Waals surface area contributed by atoms with Crippen LogP contribution in [0.25, 0.3) is 5.57 Å². The van der Waals surface area contributed by atoms with Gasteiger partial charge in [-0.25, -0.2) is 14.5 Å². The number of benzene rings is 6. The van der Waals surface area contributed by atoms with Gasteiger partial charge in [-0.15, -0.1) is 0 Å². The average Bonchev–Trinajstić information content (AvgIpc) is 1.57. The number of nitrogens with one attached hydrogen (secondary N) is 7. The molecular weight excluding hydrogens is 1400 g/mol. The highest BCUT2D eigenvalue weighted by Crippen LogP contribution is 2.57. The molecule has 29 nitrogen and oxygen atoms in total. The van der Waals surface area contributed by atoms with Crippen LogP contribution in [0.2, 0.25) is 0 Å². The molecule has 109 heavy (non-hydrogen) atoms. The van der Waals surface area contributed by atoms with Crippen LogP contribution < -0.4 is 76.4 Å². The van der Waals surface area contributed by atoms with E-state index in [4.69, 9.17) is 34.2 Å². The quantitative estimate of drug-likeness (QED) is 0.0174. The Labute approximate surface area is 629 Å². The first-order valence-corrected chi connectivity index (χ1v) is 36.2. The van der Waals surface area contributed by atoms with E-state index in [0.717, 1.165) is 45.8 Å². The van der Waals surface area contributed by atoms with Crippen LogP contribution in [0.3, 0.4) is 0 Å². The number of rotatable bonds is 29. The molecule has 5 heterocycles. The largest absolute Gasteiger partial charge is 0.497 e. The second kappa shape index (κ2) is 34.1. The summed E-state index contributed by atoms with van der Waals surface area (Å²) in [7, 11) is 4.54. The molecule has 29 heteroatoms. The number of methoxy groups -OCH3 is 3. The standard InChI is InChI=1S/C80H88N12O17/c1-47(2)72(88-70(95)42-85-69(94)41-84-68(93)27-28-71(96)90-43-52-14-7-6-12-49(52)19-20-51-13-8-9-16-61(51)90)74(98)87-59(15-10-31-82-78(81)102)73(97)86-54-23-17-48(18-24-54)45-109-79(103)92-62-38-67(65(106-5)36-58(62)76(100)91-46-80(29-30-80)39-63(91)77(92)101)108-33-11-32-107-66-37-60-57(35-64(66)105-4)75(99)89-44-53(34-55(89)40-83-60)50-21-25-56(104-3)26-22-50/h6-9,12-14,16-18,21-26,35-38,44,47,55,59,63,72,77,83,101H,10-11,15,27-34,39-43,45-46H2,1-5H3,(H,84,93)(H,85,94)(H,86,97)(H,87,98)(H,88,95)(H3,81,82,102)/t55-,59-,63-,72-,77?/m0/s1. The van der Waals surface area contributed by atoms with E-state index in [9.17, 15) is 53.1 Å². The maximum Gasteiger partial charge on any atom is 0.416 e. The predicted octanol–water partition coefficient (Wildman–Crippen LogP) is 6.68. The van der Waals surface area contributed by atoms with Crippen LogP contribution in [-0.4, -0.2) is 172 Å². The zero-order valence-electron chi connectivity index (χ0n) is 61.2. The fourth-order valence-corrected chi connectivity index (χ4v) is 14.0. The third-order valence-corrected chi connectivity index (χ3v) is 20.1. The molecule has 1 aliphatic carbocycles. The molecule has 1 saturated carbocycles. The number of nitrogens with two attached hydrogens (primary N) is 1. The lowest BCUT2D eigenvalue weighted by molar-refractivity contribution is -0.132. The van der Waals surface area contributed by atoms with Crippen LogP contribution in [0.15, 0.2) is 128 Å². The third-order valence-electron chi connectivity index (χ3n) is 20.1. The highest BCUT2D eigenvalue weighted by molar-refractivity contribution is 6.07. The molecule has 1 spiro atoms. The molecule has 6 aromatic rings. The van der Waals surface area contributed by atoms with Gasteiger partial charge in [-0.2, -0.15) is 0 Å². The number of hydrogen-bond acceptors (Lipinski definition) is 18. The molecule has 0 bridgehead atoms. The number of carbonyl (C=O) groups excluding carboxylic acids is 10. The first kappa shape index (κ1) is 76.3. The summed E-state index contributed by atoms with van der Waals surface area (Å²) in [6.45, 7) is 3.36. The van der Waals surface area contributed by atoms with Crippen molar-refractivity contribution in [1.29, 1.82) is 0 Å². The van der Waals surface area contributed by atoms with E-state index in [2.05, 4.69) is 49.1 Å². The summed E-state index contributed by atoms with van der Waals surface area (Å²) in [5.74, 6) is 3.34. The van der Waals surface area contributed by atoms with Crippen molar-refractivity contribution in [3.63, 3.8) is 0 Å². The SMILES string of the molecule is COc1ccc(C2=CN3C(=O)c4cc(OC)c(OCCCOc5cc6c(cc5OC)C(=O)N5CC7(CC7)C[C@H]5C(O)N6C(=O)OCc5ccc(NC(=O)[C@H](CCCNC(N)=O)NC(=O)[C@@H](NC(=O)CNC(=O)CNC(=O)CCC(=O)N6Cc7ccccc7C#Cc7ccccc76)C(C)C)cc5)cc4NC[C@@H]3C2)cc1. The van der Waals surface area contributed by atoms with Crippen LogP contribution >= 0.6 is 0 Å². The van der Waals surface area contributed by atoms with Crippen molar-refractivity contribution in [3.05, 3.63) is 166 Å². The number of hydrogen-bond donors (Lipinski definition) is 9. The average molecular weight is 1490 g/mol. The molecule has 1 unspecified atom stereocenters. The maximum atomic E-state index is 14.6. The Hall–Kier alpha value is -12.3. The molecule has 5 aliphatic heterocycles. The van der Waals surface area contributed by atoms with E-state index in [1.165, 1.54) is 26.4 Å². The highest BCUT2D eigenvalue weighted by Gasteiger charge is 2.58. The number of amides is 11. The fourth-order valence-electron chi connectivity index (χ4n) is 14.0. The Morgan fingerprint density at radius 3 is 2.08 bits per heavy atom. The van der Waals surface area contributed by atoms with Crippen molar-refractivity contribution in [3.8, 4) is 40.6 Å². The minimum absolute atomic E-state index is 0.00605. The summed E-state index contributed by atoms with van der Waals surface area (Å²) >= 11 is 0. The summed E-state index contributed by atoms with van der Waals surface area (Å²) in [6.07, 6.45) is 2.40. The van der Waals surface area contributed by atoms with Crippen LogP contribution in [0.1, 0.15) is 120 Å². The number of aliphatic hydroxyl groups is 1. The number of anilines is 4. The van der Waals surface area contributed by atoms with Crippen molar-refractivity contribution in [2.45, 2.75) is 115 Å². The highest BCUT2D eigenvalue weighted by atomic mass is 16.6. The van der Waals surface area contributed by atoms with Crippen LogP contribution in [0, 0.1) is 23.2 Å². The minimum atomic E-state index is -1.53. The first-order valence-electron chi connectivity index (χ1n) is 36.2. The summed E-state index contributed by atoms with van der Waals surface area (Å²) in [5.41, 5.74) is 12.0. The number of nitrogens with zero attached hydrogens (tertiary/aromatic N) is 4. The summed E-state index contributed by atoms with van der Waals surface area (Å²) < 4.78 is 35.3. The van der Waals surface area contributed by atoms with E-state index < -0.39 is 90.9 Å². The van der Waals surface area contributed by atoms with E-state index >= 15 is 0 Å². The van der Waals surface area contributed by atoms with E-state index in [-0.39, 0.29) is 110 Å². The van der Waals surface area contributed by atoms with Gasteiger partial charge in [-0.1, -0.05) is 80.3 Å². The molecule has 12 rings (SSSR count). The van der Waals surface area contributed by atoms with Crippen LogP contribution in [-0.2, 0) is 46.7 Å². The van der Waals surface area contributed by atoms with Crippen molar-refractivity contribution in [2.75, 3.05) is 87.7 Å². The molecule has 6 aliphatic rings. The summed E-state index contributed by atoms with van der Waals surface area (Å²) in [5, 5.41) is 31.2. The zero-order valence-corrected chi connectivity index (χ0v) is 61.2. The lowest BCUT2D eigenvalue weighted by atomic mass is 10.0. The molecular formula is C80H88N12O17. The monoisotopic (exact) mass is 1490 g/mol. The van der Waals surface area contributed by atoms with Crippen molar-refractivity contribution in [1.82, 2.24) is 36.4 Å². The molecule has 11 amide bonds. The summed E-state index contributed by atoms with van der Waals surface area (Å²) in [6, 6.07) is 31.1. The van der Waals surface area contributed by atoms with Crippen molar-refractivity contribution >= 4 is 87.7 Å². The first-order chi connectivity index (χ1) is 52.6. The number of carbonyl (C=O) groups is 10. The molecule has 10 N–H and O–H groups in total. The van der Waals surface area contributed by atoms with Crippen molar-refractivity contribution < 1.29 is 81.5 Å². The van der Waals surface area contributed by atoms with Crippen LogP contribution in [0.5, 0.6) is 28.7 Å². The van der Waals surface area contributed by atoms with Gasteiger partial charge in [0.05, 0.1) is 94.5 Å². The number of aliphatic hydroxyl groups excluding tert-OH is 1. The Morgan fingerprint density at radius 1 is 0.697 bits per heavy atom.